The second kappa shape index (κ2) is 8.44. The van der Waals surface area contributed by atoms with Crippen molar-refractivity contribution in [1.29, 1.82) is 0 Å². The molecule has 1 heterocycles. The predicted molar refractivity (Wildman–Crippen MR) is 182 cm³/mol. The molecular formula is C42H24O. The zero-order valence-corrected chi connectivity index (χ0v) is 23.3. The molecule has 0 saturated heterocycles. The summed E-state index contributed by atoms with van der Waals surface area (Å²) in [7, 11) is 0. The van der Waals surface area contributed by atoms with Crippen molar-refractivity contribution < 1.29 is 4.42 Å². The van der Waals surface area contributed by atoms with Crippen molar-refractivity contribution >= 4 is 54.3 Å². The van der Waals surface area contributed by atoms with Gasteiger partial charge in [-0.15, -0.1) is 0 Å². The van der Waals surface area contributed by atoms with Crippen molar-refractivity contribution in [3.8, 4) is 44.5 Å². The van der Waals surface area contributed by atoms with Crippen LogP contribution >= 0.6 is 0 Å². The van der Waals surface area contributed by atoms with Crippen LogP contribution in [0, 0.1) is 0 Å². The smallest absolute Gasteiger partial charge is 0.136 e. The van der Waals surface area contributed by atoms with Gasteiger partial charge in [0.25, 0.3) is 0 Å². The SMILES string of the molecule is c1ccc(-c2c3c(c(-c4ccccc4)c4ccccc24)-c2cc4oc5cc6ccccc6cc5c4c4cccc-3c24)cc1. The Kier molecular flexibility index (Phi) is 4.51. The average molecular weight is 545 g/mol. The molecule has 10 rings (SSSR count). The molecule has 0 radical (unpaired) electrons. The lowest BCUT2D eigenvalue weighted by atomic mass is 9.82. The molecule has 43 heavy (non-hydrogen) atoms. The zero-order chi connectivity index (χ0) is 28.1. The number of hydrogen-bond acceptors (Lipinski definition) is 1. The van der Waals surface area contributed by atoms with E-state index in [0.717, 1.165) is 11.2 Å². The van der Waals surface area contributed by atoms with Crippen molar-refractivity contribution in [3.63, 3.8) is 0 Å². The summed E-state index contributed by atoms with van der Waals surface area (Å²) in [4.78, 5) is 0. The van der Waals surface area contributed by atoms with E-state index in [9.17, 15) is 0 Å². The van der Waals surface area contributed by atoms with Crippen LogP contribution < -0.4 is 0 Å². The molecule has 0 N–H and O–H groups in total. The molecule has 9 aromatic rings. The monoisotopic (exact) mass is 544 g/mol. The topological polar surface area (TPSA) is 13.1 Å². The number of rotatable bonds is 2. The van der Waals surface area contributed by atoms with Gasteiger partial charge in [-0.05, 0) is 95.0 Å². The Labute approximate surface area is 248 Å². The third kappa shape index (κ3) is 3.06. The van der Waals surface area contributed by atoms with E-state index in [2.05, 4.69) is 146 Å². The van der Waals surface area contributed by atoms with Crippen LogP contribution in [0.4, 0.5) is 0 Å². The summed E-state index contributed by atoms with van der Waals surface area (Å²) in [6.07, 6.45) is 0. The Bertz CT molecular complexity index is 2590. The highest BCUT2D eigenvalue weighted by molar-refractivity contribution is 6.33. The van der Waals surface area contributed by atoms with Crippen molar-refractivity contribution in [3.05, 3.63) is 146 Å². The van der Waals surface area contributed by atoms with E-state index >= 15 is 0 Å². The standard InChI is InChI=1S/C42H24O/c1-3-12-25(13-4-1)37-29-18-9-10-19-30(29)38(26-14-5-2-6-15-26)42-34-24-36-40(31-20-11-21-32(39(31)34)41(37)42)33-22-27-16-7-8-17-28(27)23-35(33)43-36/h1-24H. The van der Waals surface area contributed by atoms with Crippen molar-refractivity contribution in [1.82, 2.24) is 0 Å². The van der Waals surface area contributed by atoms with Gasteiger partial charge in [-0.2, -0.15) is 0 Å². The van der Waals surface area contributed by atoms with Gasteiger partial charge < -0.3 is 4.42 Å². The fraction of sp³-hybridized carbons (Fsp3) is 0. The van der Waals surface area contributed by atoms with Crippen LogP contribution in [0.2, 0.25) is 0 Å². The highest BCUT2D eigenvalue weighted by atomic mass is 16.3. The molecule has 0 fully saturated rings. The predicted octanol–water partition coefficient (Wildman–Crippen LogP) is 12.0. The van der Waals surface area contributed by atoms with E-state index < -0.39 is 0 Å². The third-order valence-electron chi connectivity index (χ3n) is 9.34. The minimum atomic E-state index is 0.935. The van der Waals surface area contributed by atoms with Crippen LogP contribution in [-0.2, 0) is 0 Å². The van der Waals surface area contributed by atoms with E-state index in [-0.39, 0.29) is 0 Å². The second-order valence-electron chi connectivity index (χ2n) is 11.6. The largest absolute Gasteiger partial charge is 0.456 e. The average Bonchev–Trinajstić information content (AvgIpc) is 3.59. The Morgan fingerprint density at radius 1 is 0.326 bits per heavy atom. The van der Waals surface area contributed by atoms with E-state index in [1.165, 1.54) is 87.6 Å². The molecule has 8 aromatic carbocycles. The molecule has 198 valence electrons. The highest BCUT2D eigenvalue weighted by Gasteiger charge is 2.32. The normalized spacial score (nSPS) is 12.2. The lowest BCUT2D eigenvalue weighted by molar-refractivity contribution is 0.670. The number of fused-ring (bicyclic) bond motifs is 9. The van der Waals surface area contributed by atoms with Crippen LogP contribution in [0.3, 0.4) is 0 Å². The minimum absolute atomic E-state index is 0.935. The summed E-state index contributed by atoms with van der Waals surface area (Å²) in [5, 5.41) is 9.89. The van der Waals surface area contributed by atoms with Crippen molar-refractivity contribution in [2.45, 2.75) is 0 Å². The van der Waals surface area contributed by atoms with Crippen LogP contribution in [-0.4, -0.2) is 0 Å². The lowest BCUT2D eigenvalue weighted by Crippen LogP contribution is -1.93. The van der Waals surface area contributed by atoms with E-state index in [4.69, 9.17) is 4.42 Å². The molecule has 0 spiro atoms. The first-order valence-corrected chi connectivity index (χ1v) is 14.9. The van der Waals surface area contributed by atoms with Gasteiger partial charge in [-0.25, -0.2) is 0 Å². The molecule has 0 amide bonds. The van der Waals surface area contributed by atoms with Crippen molar-refractivity contribution in [2.75, 3.05) is 0 Å². The van der Waals surface area contributed by atoms with E-state index in [0.29, 0.717) is 0 Å². The Balaban J connectivity index is 1.44. The summed E-state index contributed by atoms with van der Waals surface area (Å²) in [5.41, 5.74) is 12.1. The van der Waals surface area contributed by atoms with Crippen LogP contribution in [0.15, 0.2) is 150 Å². The van der Waals surface area contributed by atoms with Crippen molar-refractivity contribution in [2.24, 2.45) is 0 Å². The lowest BCUT2D eigenvalue weighted by Gasteiger charge is -2.20. The van der Waals surface area contributed by atoms with Crippen LogP contribution in [0.5, 0.6) is 0 Å². The third-order valence-corrected chi connectivity index (χ3v) is 9.34. The van der Waals surface area contributed by atoms with E-state index in [1.807, 2.05) is 0 Å². The van der Waals surface area contributed by atoms with Gasteiger partial charge in [0.1, 0.15) is 11.2 Å². The molecule has 0 saturated carbocycles. The molecule has 0 atom stereocenters. The quantitative estimate of drug-likeness (QED) is 0.211. The molecular weight excluding hydrogens is 520 g/mol. The Morgan fingerprint density at radius 2 is 0.884 bits per heavy atom. The fourth-order valence-corrected chi connectivity index (χ4v) is 7.63. The molecule has 1 nitrogen and oxygen atoms in total. The molecule has 0 unspecified atom stereocenters. The number of benzene rings is 8. The molecule has 1 aromatic heterocycles. The minimum Gasteiger partial charge on any atom is -0.456 e. The summed E-state index contributed by atoms with van der Waals surface area (Å²) in [5.74, 6) is 0. The van der Waals surface area contributed by atoms with Gasteiger partial charge in [0.05, 0.1) is 0 Å². The summed E-state index contributed by atoms with van der Waals surface area (Å²) >= 11 is 0. The van der Waals surface area contributed by atoms with Gasteiger partial charge in [-0.3, -0.25) is 0 Å². The molecule has 1 aliphatic carbocycles. The molecule has 1 heteroatoms. The fourth-order valence-electron chi connectivity index (χ4n) is 7.63. The van der Waals surface area contributed by atoms with Gasteiger partial charge in [0.15, 0.2) is 0 Å². The van der Waals surface area contributed by atoms with Gasteiger partial charge in [0, 0.05) is 10.8 Å². The molecule has 0 aliphatic heterocycles. The Morgan fingerprint density at radius 3 is 1.56 bits per heavy atom. The first-order chi connectivity index (χ1) is 21.3. The summed E-state index contributed by atoms with van der Waals surface area (Å²) in [6, 6.07) is 52.9. The molecule has 1 aliphatic rings. The van der Waals surface area contributed by atoms with Gasteiger partial charge >= 0.3 is 0 Å². The maximum absolute atomic E-state index is 6.70. The van der Waals surface area contributed by atoms with Gasteiger partial charge in [-0.1, -0.05) is 127 Å². The summed E-state index contributed by atoms with van der Waals surface area (Å²) in [6.45, 7) is 0. The first-order valence-electron chi connectivity index (χ1n) is 14.9. The number of furan rings is 1. The Hall–Kier alpha value is -5.66. The summed E-state index contributed by atoms with van der Waals surface area (Å²) < 4.78 is 6.70. The van der Waals surface area contributed by atoms with Crippen LogP contribution in [0.25, 0.3) is 98.8 Å². The second-order valence-corrected chi connectivity index (χ2v) is 11.6. The highest BCUT2D eigenvalue weighted by Crippen LogP contribution is 2.59. The first kappa shape index (κ1) is 23.0. The van der Waals surface area contributed by atoms with Crippen LogP contribution in [0.1, 0.15) is 0 Å². The zero-order valence-electron chi connectivity index (χ0n) is 23.3. The van der Waals surface area contributed by atoms with E-state index in [1.54, 1.807) is 0 Å². The number of hydrogen-bond donors (Lipinski definition) is 0. The maximum Gasteiger partial charge on any atom is 0.136 e. The maximum atomic E-state index is 6.70. The molecule has 0 bridgehead atoms. The van der Waals surface area contributed by atoms with Gasteiger partial charge in [0.2, 0.25) is 0 Å².